The molecule has 5 heteroatoms. The summed E-state index contributed by atoms with van der Waals surface area (Å²) in [5, 5.41) is 3.28. The molecule has 1 aromatic carbocycles. The minimum absolute atomic E-state index is 0.179. The van der Waals surface area contributed by atoms with Gasteiger partial charge in [-0.1, -0.05) is 12.1 Å². The SMILES string of the molecule is COCCN[C@@H](C)c1ccc(S(C)(=O)=O)cc1. The van der Waals surface area contributed by atoms with Gasteiger partial charge in [0.15, 0.2) is 9.84 Å². The fraction of sp³-hybridized carbons (Fsp3) is 0.500. The summed E-state index contributed by atoms with van der Waals surface area (Å²) in [6.45, 7) is 3.46. The lowest BCUT2D eigenvalue weighted by Gasteiger charge is -2.14. The molecule has 0 aromatic heterocycles. The van der Waals surface area contributed by atoms with E-state index >= 15 is 0 Å². The van der Waals surface area contributed by atoms with Crippen LogP contribution >= 0.6 is 0 Å². The van der Waals surface area contributed by atoms with Gasteiger partial charge in [-0.25, -0.2) is 8.42 Å². The van der Waals surface area contributed by atoms with Crippen molar-refractivity contribution < 1.29 is 13.2 Å². The zero-order chi connectivity index (χ0) is 12.9. The highest BCUT2D eigenvalue weighted by molar-refractivity contribution is 7.90. The van der Waals surface area contributed by atoms with E-state index in [1.807, 2.05) is 19.1 Å². The minimum atomic E-state index is -3.11. The average molecular weight is 257 g/mol. The van der Waals surface area contributed by atoms with Gasteiger partial charge in [0.1, 0.15) is 0 Å². The van der Waals surface area contributed by atoms with Crippen molar-refractivity contribution in [1.29, 1.82) is 0 Å². The van der Waals surface area contributed by atoms with Crippen LogP contribution < -0.4 is 5.32 Å². The first kappa shape index (κ1) is 14.2. The van der Waals surface area contributed by atoms with Crippen LogP contribution in [0, 0.1) is 0 Å². The van der Waals surface area contributed by atoms with E-state index in [9.17, 15) is 8.42 Å². The van der Waals surface area contributed by atoms with E-state index in [1.54, 1.807) is 19.2 Å². The van der Waals surface area contributed by atoms with Crippen LogP contribution in [0.2, 0.25) is 0 Å². The summed E-state index contributed by atoms with van der Waals surface area (Å²) in [6, 6.07) is 7.12. The molecule has 96 valence electrons. The van der Waals surface area contributed by atoms with Crippen molar-refractivity contribution in [3.8, 4) is 0 Å². The van der Waals surface area contributed by atoms with Crippen molar-refractivity contribution >= 4 is 9.84 Å². The lowest BCUT2D eigenvalue weighted by molar-refractivity contribution is 0.196. The first-order valence-corrected chi connectivity index (χ1v) is 7.36. The molecule has 0 aliphatic carbocycles. The van der Waals surface area contributed by atoms with Gasteiger partial charge in [0.2, 0.25) is 0 Å². The number of nitrogens with one attached hydrogen (secondary N) is 1. The van der Waals surface area contributed by atoms with E-state index in [0.717, 1.165) is 12.1 Å². The van der Waals surface area contributed by atoms with Crippen LogP contribution in [0.3, 0.4) is 0 Å². The fourth-order valence-corrected chi connectivity index (χ4v) is 2.13. The van der Waals surface area contributed by atoms with Gasteiger partial charge in [0.05, 0.1) is 11.5 Å². The number of methoxy groups -OCH3 is 1. The van der Waals surface area contributed by atoms with Gasteiger partial charge in [-0.2, -0.15) is 0 Å². The molecular weight excluding hydrogens is 238 g/mol. The Morgan fingerprint density at radius 2 is 1.88 bits per heavy atom. The Hall–Kier alpha value is -0.910. The molecule has 0 radical (unpaired) electrons. The second-order valence-corrected chi connectivity index (χ2v) is 6.03. The second-order valence-electron chi connectivity index (χ2n) is 4.01. The van der Waals surface area contributed by atoms with Crippen LogP contribution in [0.15, 0.2) is 29.2 Å². The number of hydrogen-bond acceptors (Lipinski definition) is 4. The maximum Gasteiger partial charge on any atom is 0.175 e. The predicted molar refractivity (Wildman–Crippen MR) is 67.8 cm³/mol. The van der Waals surface area contributed by atoms with Crippen LogP contribution in [-0.2, 0) is 14.6 Å². The number of benzene rings is 1. The van der Waals surface area contributed by atoms with E-state index in [2.05, 4.69) is 5.32 Å². The molecule has 1 rings (SSSR count). The van der Waals surface area contributed by atoms with Crippen molar-refractivity contribution in [2.24, 2.45) is 0 Å². The van der Waals surface area contributed by atoms with Crippen LogP contribution in [0.4, 0.5) is 0 Å². The summed E-state index contributed by atoms with van der Waals surface area (Å²) >= 11 is 0. The number of ether oxygens (including phenoxy) is 1. The Kier molecular flexibility index (Phi) is 5.11. The van der Waals surface area contributed by atoms with Gasteiger partial charge in [-0.15, -0.1) is 0 Å². The maximum absolute atomic E-state index is 11.3. The molecule has 0 unspecified atom stereocenters. The Bertz CT molecular complexity index is 439. The zero-order valence-electron chi connectivity index (χ0n) is 10.4. The highest BCUT2D eigenvalue weighted by Gasteiger charge is 2.08. The van der Waals surface area contributed by atoms with Crippen molar-refractivity contribution in [1.82, 2.24) is 5.32 Å². The summed E-state index contributed by atoms with van der Waals surface area (Å²) in [7, 11) is -1.45. The molecule has 17 heavy (non-hydrogen) atoms. The fourth-order valence-electron chi connectivity index (χ4n) is 1.50. The quantitative estimate of drug-likeness (QED) is 0.782. The standard InChI is InChI=1S/C12H19NO3S/c1-10(13-8-9-16-2)11-4-6-12(7-5-11)17(3,14)15/h4-7,10,13H,8-9H2,1-3H3/t10-/m0/s1. The summed E-state index contributed by atoms with van der Waals surface area (Å²) in [6.07, 6.45) is 1.21. The molecule has 0 amide bonds. The van der Waals surface area contributed by atoms with Crippen molar-refractivity contribution in [3.63, 3.8) is 0 Å². The minimum Gasteiger partial charge on any atom is -0.383 e. The molecule has 4 nitrogen and oxygen atoms in total. The maximum atomic E-state index is 11.3. The lowest BCUT2D eigenvalue weighted by Crippen LogP contribution is -2.22. The zero-order valence-corrected chi connectivity index (χ0v) is 11.3. The predicted octanol–water partition coefficient (Wildman–Crippen LogP) is 1.39. The third-order valence-corrected chi connectivity index (χ3v) is 3.69. The van der Waals surface area contributed by atoms with Gasteiger partial charge in [0, 0.05) is 26.0 Å². The largest absolute Gasteiger partial charge is 0.383 e. The molecule has 0 saturated carbocycles. The highest BCUT2D eigenvalue weighted by atomic mass is 32.2. The Morgan fingerprint density at radius 1 is 1.29 bits per heavy atom. The first-order chi connectivity index (χ1) is 7.95. The van der Waals surface area contributed by atoms with Gasteiger partial charge < -0.3 is 10.1 Å². The Labute approximate surface area is 103 Å². The van der Waals surface area contributed by atoms with Crippen molar-refractivity contribution in [2.45, 2.75) is 17.9 Å². The van der Waals surface area contributed by atoms with E-state index in [1.165, 1.54) is 6.26 Å². The molecule has 0 aliphatic rings. The third kappa shape index (κ3) is 4.46. The number of rotatable bonds is 6. The molecule has 0 aliphatic heterocycles. The molecular formula is C12H19NO3S. The van der Waals surface area contributed by atoms with E-state index in [-0.39, 0.29) is 6.04 Å². The van der Waals surface area contributed by atoms with E-state index in [4.69, 9.17) is 4.74 Å². The van der Waals surface area contributed by atoms with Crippen LogP contribution in [0.1, 0.15) is 18.5 Å². The number of hydrogen-bond donors (Lipinski definition) is 1. The average Bonchev–Trinajstić information content (AvgIpc) is 2.28. The molecule has 0 heterocycles. The van der Waals surface area contributed by atoms with Crippen LogP contribution in [-0.4, -0.2) is 34.9 Å². The van der Waals surface area contributed by atoms with Crippen molar-refractivity contribution in [2.75, 3.05) is 26.5 Å². The smallest absolute Gasteiger partial charge is 0.175 e. The second kappa shape index (κ2) is 6.14. The van der Waals surface area contributed by atoms with Crippen LogP contribution in [0.25, 0.3) is 0 Å². The molecule has 0 fully saturated rings. The first-order valence-electron chi connectivity index (χ1n) is 5.47. The summed E-state index contributed by atoms with van der Waals surface area (Å²) < 4.78 is 27.5. The monoisotopic (exact) mass is 257 g/mol. The normalized spacial score (nSPS) is 13.6. The highest BCUT2D eigenvalue weighted by Crippen LogP contribution is 2.15. The topological polar surface area (TPSA) is 55.4 Å². The molecule has 0 bridgehead atoms. The summed E-state index contributed by atoms with van der Waals surface area (Å²) in [4.78, 5) is 0.352. The Balaban J connectivity index is 2.67. The van der Waals surface area contributed by atoms with E-state index < -0.39 is 9.84 Å². The summed E-state index contributed by atoms with van der Waals surface area (Å²) in [5.74, 6) is 0. The van der Waals surface area contributed by atoms with Gasteiger partial charge in [-0.3, -0.25) is 0 Å². The van der Waals surface area contributed by atoms with Gasteiger partial charge >= 0.3 is 0 Å². The molecule has 1 aromatic rings. The van der Waals surface area contributed by atoms with Gasteiger partial charge in [0.25, 0.3) is 0 Å². The molecule has 1 N–H and O–H groups in total. The lowest BCUT2D eigenvalue weighted by atomic mass is 10.1. The summed E-state index contributed by atoms with van der Waals surface area (Å²) in [5.41, 5.74) is 1.06. The van der Waals surface area contributed by atoms with Gasteiger partial charge in [-0.05, 0) is 24.6 Å². The van der Waals surface area contributed by atoms with Crippen molar-refractivity contribution in [3.05, 3.63) is 29.8 Å². The Morgan fingerprint density at radius 3 is 2.35 bits per heavy atom. The number of sulfone groups is 1. The van der Waals surface area contributed by atoms with Crippen LogP contribution in [0.5, 0.6) is 0 Å². The molecule has 1 atom stereocenters. The van der Waals surface area contributed by atoms with E-state index in [0.29, 0.717) is 11.5 Å². The third-order valence-electron chi connectivity index (χ3n) is 2.56. The molecule has 0 saturated heterocycles. The molecule has 0 spiro atoms.